The van der Waals surface area contributed by atoms with Crippen molar-refractivity contribution in [2.75, 3.05) is 23.4 Å². The zero-order valence-corrected chi connectivity index (χ0v) is 14.8. The van der Waals surface area contributed by atoms with Crippen LogP contribution in [-0.2, 0) is 0 Å². The third-order valence-electron chi connectivity index (χ3n) is 4.32. The number of carbonyl (C=O) groups is 1. The molecule has 5 nitrogen and oxygen atoms in total. The molecular weight excluding hydrogens is 338 g/mol. The van der Waals surface area contributed by atoms with Gasteiger partial charge in [0.05, 0.1) is 22.5 Å². The van der Waals surface area contributed by atoms with Crippen LogP contribution in [0.5, 0.6) is 0 Å². The Hall–Kier alpha value is -2.53. The molecule has 1 saturated heterocycles. The highest BCUT2D eigenvalue weighted by Gasteiger charge is 2.12. The second kappa shape index (κ2) is 7.57. The van der Waals surface area contributed by atoms with Gasteiger partial charge in [0.25, 0.3) is 0 Å². The third-order valence-corrected chi connectivity index (χ3v) is 4.65. The average Bonchev–Trinajstić information content (AvgIpc) is 3.12. The van der Waals surface area contributed by atoms with Gasteiger partial charge in [-0.1, -0.05) is 17.7 Å². The summed E-state index contributed by atoms with van der Waals surface area (Å²) in [4.78, 5) is 13.5. The van der Waals surface area contributed by atoms with Gasteiger partial charge in [-0.05, 0) is 61.2 Å². The first-order valence-electron chi connectivity index (χ1n) is 8.22. The summed E-state index contributed by atoms with van der Waals surface area (Å²) in [5, 5.41) is 13.5. The van der Waals surface area contributed by atoms with E-state index in [1.54, 1.807) is 18.3 Å². The predicted octanol–water partition coefficient (Wildman–Crippen LogP) is 4.39. The molecule has 3 rings (SSSR count). The van der Waals surface area contributed by atoms with Gasteiger partial charge < -0.3 is 10.0 Å². The molecule has 25 heavy (non-hydrogen) atoms. The van der Waals surface area contributed by atoms with Crippen molar-refractivity contribution < 1.29 is 9.90 Å². The molecule has 0 radical (unpaired) electrons. The van der Waals surface area contributed by atoms with Crippen LogP contribution in [0.15, 0.2) is 41.5 Å². The SMILES string of the molecule is Cc1cc(N2CCCC2)ccc1/C=N/Nc1ccc(Cl)c(C(=O)O)c1. The summed E-state index contributed by atoms with van der Waals surface area (Å²) >= 11 is 5.86. The molecule has 0 spiro atoms. The molecule has 1 aliphatic rings. The molecule has 130 valence electrons. The minimum absolute atomic E-state index is 0.0491. The van der Waals surface area contributed by atoms with Crippen LogP contribution in [0.25, 0.3) is 0 Å². The number of aromatic carboxylic acids is 1. The van der Waals surface area contributed by atoms with Gasteiger partial charge in [-0.3, -0.25) is 5.43 Å². The lowest BCUT2D eigenvalue weighted by Crippen LogP contribution is -2.17. The van der Waals surface area contributed by atoms with Crippen molar-refractivity contribution in [1.29, 1.82) is 0 Å². The predicted molar refractivity (Wildman–Crippen MR) is 102 cm³/mol. The summed E-state index contributed by atoms with van der Waals surface area (Å²) < 4.78 is 0. The summed E-state index contributed by atoms with van der Waals surface area (Å²) in [7, 11) is 0. The Morgan fingerprint density at radius 3 is 2.68 bits per heavy atom. The molecular formula is C19H20ClN3O2. The Labute approximate surface area is 151 Å². The highest BCUT2D eigenvalue weighted by Crippen LogP contribution is 2.23. The van der Waals surface area contributed by atoms with E-state index >= 15 is 0 Å². The fraction of sp³-hybridized carbons (Fsp3) is 0.263. The van der Waals surface area contributed by atoms with Crippen LogP contribution in [0.2, 0.25) is 5.02 Å². The topological polar surface area (TPSA) is 64.9 Å². The zero-order valence-electron chi connectivity index (χ0n) is 14.0. The average molecular weight is 358 g/mol. The number of carboxylic acid groups (broad SMARTS) is 1. The molecule has 0 bridgehead atoms. The van der Waals surface area contributed by atoms with Crippen molar-refractivity contribution >= 4 is 35.2 Å². The Morgan fingerprint density at radius 2 is 2.00 bits per heavy atom. The van der Waals surface area contributed by atoms with Crippen LogP contribution in [0.4, 0.5) is 11.4 Å². The van der Waals surface area contributed by atoms with E-state index in [-0.39, 0.29) is 10.6 Å². The number of rotatable bonds is 5. The number of halogens is 1. The van der Waals surface area contributed by atoms with Gasteiger partial charge in [0.15, 0.2) is 0 Å². The van der Waals surface area contributed by atoms with Crippen LogP contribution >= 0.6 is 11.6 Å². The quantitative estimate of drug-likeness (QED) is 0.615. The Bertz CT molecular complexity index is 814. The van der Waals surface area contributed by atoms with Crippen LogP contribution in [0.3, 0.4) is 0 Å². The Kier molecular flexibility index (Phi) is 5.24. The number of hydrazone groups is 1. The fourth-order valence-corrected chi connectivity index (χ4v) is 3.11. The fourth-order valence-electron chi connectivity index (χ4n) is 2.91. The molecule has 0 amide bonds. The van der Waals surface area contributed by atoms with Crippen LogP contribution in [0, 0.1) is 6.92 Å². The summed E-state index contributed by atoms with van der Waals surface area (Å²) in [5.41, 5.74) is 6.89. The van der Waals surface area contributed by atoms with Gasteiger partial charge in [0, 0.05) is 18.8 Å². The summed E-state index contributed by atoms with van der Waals surface area (Å²) in [6, 6.07) is 11.0. The van der Waals surface area contributed by atoms with E-state index < -0.39 is 5.97 Å². The molecule has 1 heterocycles. The molecule has 6 heteroatoms. The van der Waals surface area contributed by atoms with Gasteiger partial charge in [-0.25, -0.2) is 4.79 Å². The van der Waals surface area contributed by atoms with Crippen molar-refractivity contribution in [2.24, 2.45) is 5.10 Å². The second-order valence-corrected chi connectivity index (χ2v) is 6.51. The summed E-state index contributed by atoms with van der Waals surface area (Å²) in [6.45, 7) is 4.31. The molecule has 0 saturated carbocycles. The number of aryl methyl sites for hydroxylation is 1. The van der Waals surface area contributed by atoms with Crippen molar-refractivity contribution in [3.8, 4) is 0 Å². The van der Waals surface area contributed by atoms with Gasteiger partial charge in [-0.15, -0.1) is 0 Å². The van der Waals surface area contributed by atoms with E-state index in [1.807, 2.05) is 0 Å². The van der Waals surface area contributed by atoms with Gasteiger partial charge >= 0.3 is 5.97 Å². The molecule has 0 aliphatic carbocycles. The van der Waals surface area contributed by atoms with Gasteiger partial charge in [0.1, 0.15) is 0 Å². The first kappa shape index (κ1) is 17.3. The Balaban J connectivity index is 1.70. The maximum absolute atomic E-state index is 11.1. The molecule has 0 unspecified atom stereocenters. The molecule has 2 aromatic rings. The van der Waals surface area contributed by atoms with E-state index in [0.717, 1.165) is 24.2 Å². The zero-order chi connectivity index (χ0) is 17.8. The number of anilines is 2. The number of hydrogen-bond donors (Lipinski definition) is 2. The number of hydrogen-bond acceptors (Lipinski definition) is 4. The van der Waals surface area contributed by atoms with Crippen molar-refractivity contribution in [3.63, 3.8) is 0 Å². The molecule has 0 atom stereocenters. The number of carboxylic acids is 1. The monoisotopic (exact) mass is 357 g/mol. The maximum Gasteiger partial charge on any atom is 0.337 e. The summed E-state index contributed by atoms with van der Waals surface area (Å²) in [6.07, 6.45) is 4.25. The highest BCUT2D eigenvalue weighted by molar-refractivity contribution is 6.33. The van der Waals surface area contributed by atoms with E-state index in [9.17, 15) is 4.79 Å². The lowest BCUT2D eigenvalue weighted by molar-refractivity contribution is 0.0697. The lowest BCUT2D eigenvalue weighted by Gasteiger charge is -2.18. The highest BCUT2D eigenvalue weighted by atomic mass is 35.5. The molecule has 1 fully saturated rings. The normalized spacial score (nSPS) is 14.2. The molecule has 0 aromatic heterocycles. The van der Waals surface area contributed by atoms with Gasteiger partial charge in [-0.2, -0.15) is 5.10 Å². The lowest BCUT2D eigenvalue weighted by atomic mass is 10.1. The number of nitrogens with one attached hydrogen (secondary N) is 1. The van der Waals surface area contributed by atoms with Crippen molar-refractivity contribution in [1.82, 2.24) is 0 Å². The van der Waals surface area contributed by atoms with E-state index in [4.69, 9.17) is 16.7 Å². The standard InChI is InChI=1S/C19H20ClN3O2/c1-13-10-16(23-8-2-3-9-23)6-4-14(13)12-21-22-15-5-7-18(20)17(11-15)19(24)25/h4-7,10-12,22H,2-3,8-9H2,1H3,(H,24,25)/b21-12+. The van der Waals surface area contributed by atoms with Crippen molar-refractivity contribution in [2.45, 2.75) is 19.8 Å². The van der Waals surface area contributed by atoms with Crippen LogP contribution in [-0.4, -0.2) is 30.4 Å². The Morgan fingerprint density at radius 1 is 1.24 bits per heavy atom. The first-order chi connectivity index (χ1) is 12.0. The van der Waals surface area contributed by atoms with Crippen molar-refractivity contribution in [3.05, 3.63) is 58.1 Å². The molecule has 2 aromatic carbocycles. The minimum atomic E-state index is -1.06. The smallest absolute Gasteiger partial charge is 0.337 e. The van der Waals surface area contributed by atoms with E-state index in [1.165, 1.54) is 24.6 Å². The second-order valence-electron chi connectivity index (χ2n) is 6.10. The molecule has 1 aliphatic heterocycles. The summed E-state index contributed by atoms with van der Waals surface area (Å²) in [5.74, 6) is -1.06. The third kappa shape index (κ3) is 4.12. The van der Waals surface area contributed by atoms with Crippen LogP contribution in [0.1, 0.15) is 34.3 Å². The largest absolute Gasteiger partial charge is 0.478 e. The molecule has 2 N–H and O–H groups in total. The number of nitrogens with zero attached hydrogens (tertiary/aromatic N) is 2. The number of benzene rings is 2. The minimum Gasteiger partial charge on any atom is -0.478 e. The van der Waals surface area contributed by atoms with E-state index in [2.05, 4.69) is 40.5 Å². The maximum atomic E-state index is 11.1. The van der Waals surface area contributed by atoms with Crippen LogP contribution < -0.4 is 10.3 Å². The van der Waals surface area contributed by atoms with E-state index in [0.29, 0.717) is 5.69 Å². The van der Waals surface area contributed by atoms with Gasteiger partial charge in [0.2, 0.25) is 0 Å². The first-order valence-corrected chi connectivity index (χ1v) is 8.60.